The van der Waals surface area contributed by atoms with Gasteiger partial charge in [-0.05, 0) is 34.7 Å². The Labute approximate surface area is 172 Å². The molecule has 1 saturated heterocycles. The summed E-state index contributed by atoms with van der Waals surface area (Å²) in [6, 6.07) is -1.52. The Morgan fingerprint density at radius 2 is 1.77 bits per heavy atom. The predicted octanol–water partition coefficient (Wildman–Crippen LogP) is 1.99. The Hall–Kier alpha value is -2.02. The fourth-order valence-corrected chi connectivity index (χ4v) is 3.77. The minimum Gasteiger partial charge on any atom is -0.462 e. The number of ether oxygens (including phenoxy) is 2. The summed E-state index contributed by atoms with van der Waals surface area (Å²) >= 11 is 0. The van der Waals surface area contributed by atoms with Gasteiger partial charge in [0.05, 0.1) is 18.2 Å². The number of hydrogen-bond acceptors (Lipinski definition) is 8. The fourth-order valence-electron chi connectivity index (χ4n) is 3.26. The van der Waals surface area contributed by atoms with Gasteiger partial charge in [0, 0.05) is 25.6 Å². The van der Waals surface area contributed by atoms with Crippen molar-refractivity contribution in [1.29, 1.82) is 0 Å². The van der Waals surface area contributed by atoms with E-state index in [4.69, 9.17) is 9.47 Å². The Balaban J connectivity index is 2.44. The topological polar surface area (TPSA) is 102 Å². The highest BCUT2D eigenvalue weighted by atomic mass is 32.2. The number of esters is 1. The summed E-state index contributed by atoms with van der Waals surface area (Å²) in [6.07, 6.45) is -0.989. The van der Waals surface area contributed by atoms with E-state index in [9.17, 15) is 31.2 Å². The second-order valence-corrected chi connectivity index (χ2v) is 9.50. The van der Waals surface area contributed by atoms with Crippen molar-refractivity contribution in [3.8, 4) is 0 Å². The number of nitrogens with zero attached hydrogens (tertiary/aromatic N) is 2. The van der Waals surface area contributed by atoms with Gasteiger partial charge in [-0.3, -0.25) is 4.90 Å². The smallest absolute Gasteiger partial charge is 0.462 e. The molecule has 0 unspecified atom stereocenters. The maximum atomic E-state index is 12.8. The third-order valence-corrected chi connectivity index (χ3v) is 5.58. The van der Waals surface area contributed by atoms with Crippen LogP contribution >= 0.6 is 0 Å². The predicted molar refractivity (Wildman–Crippen MR) is 97.5 cm³/mol. The van der Waals surface area contributed by atoms with Crippen LogP contribution in [0.1, 0.15) is 34.1 Å². The molecule has 2 bridgehead atoms. The zero-order valence-corrected chi connectivity index (χ0v) is 18.1. The van der Waals surface area contributed by atoms with Crippen LogP contribution in [0.3, 0.4) is 0 Å². The number of piperazine rings is 1. The SMILES string of the molecule is CCOC(=O)C1=C(OS(=O)(=O)C(F)(F)F)C[C@@H]2CN(C(=O)OC(C)(C)C)C[C@H]1N2C. The highest BCUT2D eigenvalue weighted by Gasteiger charge is 2.52. The molecular weight excluding hydrogens is 433 g/mol. The molecule has 0 N–H and O–H groups in total. The van der Waals surface area contributed by atoms with E-state index < -0.39 is 51.1 Å². The average Bonchev–Trinajstić information content (AvgIpc) is 2.53. The van der Waals surface area contributed by atoms with Crippen LogP contribution in [0.15, 0.2) is 11.3 Å². The first-order valence-corrected chi connectivity index (χ1v) is 10.6. The van der Waals surface area contributed by atoms with Gasteiger partial charge in [0.2, 0.25) is 0 Å². The van der Waals surface area contributed by atoms with Gasteiger partial charge < -0.3 is 18.6 Å². The summed E-state index contributed by atoms with van der Waals surface area (Å²) in [5.74, 6) is -1.63. The molecule has 9 nitrogen and oxygen atoms in total. The molecule has 0 aromatic heterocycles. The molecule has 172 valence electrons. The second-order valence-electron chi connectivity index (χ2n) is 7.97. The van der Waals surface area contributed by atoms with Gasteiger partial charge in [0.15, 0.2) is 0 Å². The third-order valence-electron chi connectivity index (χ3n) is 4.59. The zero-order valence-electron chi connectivity index (χ0n) is 17.3. The summed E-state index contributed by atoms with van der Waals surface area (Å²) in [5.41, 5.74) is -6.79. The van der Waals surface area contributed by atoms with E-state index in [2.05, 4.69) is 4.18 Å². The monoisotopic (exact) mass is 458 g/mol. The summed E-state index contributed by atoms with van der Waals surface area (Å²) in [7, 11) is -4.35. The van der Waals surface area contributed by atoms with E-state index in [-0.39, 0.29) is 31.7 Å². The molecule has 0 aromatic carbocycles. The van der Waals surface area contributed by atoms with Gasteiger partial charge >= 0.3 is 27.7 Å². The molecule has 0 aromatic rings. The molecule has 13 heteroatoms. The number of halogens is 3. The molecule has 1 fully saturated rings. The molecular formula is C17H25F3N2O7S. The van der Waals surface area contributed by atoms with Gasteiger partial charge in [-0.1, -0.05) is 0 Å². The molecule has 2 aliphatic rings. The molecule has 0 radical (unpaired) electrons. The number of likely N-dealkylation sites (N-methyl/N-ethyl adjacent to an activating group) is 1. The van der Waals surface area contributed by atoms with Crippen LogP contribution in [0, 0.1) is 0 Å². The van der Waals surface area contributed by atoms with Crippen molar-refractivity contribution in [2.24, 2.45) is 0 Å². The van der Waals surface area contributed by atoms with Crippen LogP contribution in [0.2, 0.25) is 0 Å². The van der Waals surface area contributed by atoms with Gasteiger partial charge in [0.25, 0.3) is 0 Å². The maximum absolute atomic E-state index is 12.8. The number of rotatable bonds is 4. The third kappa shape index (κ3) is 5.17. The Kier molecular flexibility index (Phi) is 6.67. The summed E-state index contributed by atoms with van der Waals surface area (Å²) < 4.78 is 76.2. The van der Waals surface area contributed by atoms with E-state index in [1.54, 1.807) is 32.7 Å². The normalized spacial score (nSPS) is 23.3. The van der Waals surface area contributed by atoms with E-state index >= 15 is 0 Å². The fraction of sp³-hybridized carbons (Fsp3) is 0.765. The number of fused-ring (bicyclic) bond motifs is 2. The lowest BCUT2D eigenvalue weighted by Crippen LogP contribution is -2.62. The van der Waals surface area contributed by atoms with Crippen molar-refractivity contribution in [2.75, 3.05) is 26.7 Å². The van der Waals surface area contributed by atoms with Gasteiger partial charge in [-0.2, -0.15) is 21.6 Å². The Morgan fingerprint density at radius 3 is 2.27 bits per heavy atom. The van der Waals surface area contributed by atoms with E-state index in [1.165, 1.54) is 11.8 Å². The van der Waals surface area contributed by atoms with Crippen LogP contribution in [0.5, 0.6) is 0 Å². The van der Waals surface area contributed by atoms with Gasteiger partial charge in [-0.25, -0.2) is 9.59 Å². The Bertz CT molecular complexity index is 833. The van der Waals surface area contributed by atoms with E-state index in [0.717, 1.165) is 0 Å². The minimum absolute atomic E-state index is 0.0525. The van der Waals surface area contributed by atoms with Crippen LogP contribution in [0.4, 0.5) is 18.0 Å². The number of carbonyl (C=O) groups is 2. The summed E-state index contributed by atoms with van der Waals surface area (Å²) in [6.45, 7) is 6.39. The summed E-state index contributed by atoms with van der Waals surface area (Å²) in [4.78, 5) is 28.0. The van der Waals surface area contributed by atoms with Gasteiger partial charge in [0.1, 0.15) is 11.4 Å². The summed E-state index contributed by atoms with van der Waals surface area (Å²) in [5, 5.41) is 0. The first-order chi connectivity index (χ1) is 13.6. The maximum Gasteiger partial charge on any atom is 0.534 e. The van der Waals surface area contributed by atoms with Crippen molar-refractivity contribution < 1.29 is 44.8 Å². The lowest BCUT2D eigenvalue weighted by molar-refractivity contribution is -0.140. The average molecular weight is 458 g/mol. The lowest BCUT2D eigenvalue weighted by atomic mass is 9.90. The number of carbonyl (C=O) groups excluding carboxylic acids is 2. The van der Waals surface area contributed by atoms with Crippen molar-refractivity contribution in [2.45, 2.75) is 57.3 Å². The minimum atomic E-state index is -5.97. The van der Waals surface area contributed by atoms with Crippen molar-refractivity contribution in [3.05, 3.63) is 11.3 Å². The largest absolute Gasteiger partial charge is 0.534 e. The molecule has 1 amide bonds. The Morgan fingerprint density at radius 1 is 1.17 bits per heavy atom. The van der Waals surface area contributed by atoms with Crippen molar-refractivity contribution >= 4 is 22.2 Å². The molecule has 2 aliphatic heterocycles. The first-order valence-electron chi connectivity index (χ1n) is 9.18. The lowest BCUT2D eigenvalue weighted by Gasteiger charge is -2.48. The molecule has 0 aliphatic carbocycles. The number of hydrogen-bond donors (Lipinski definition) is 0. The molecule has 0 saturated carbocycles. The first kappa shape index (κ1) is 24.3. The zero-order chi connectivity index (χ0) is 23.1. The highest BCUT2D eigenvalue weighted by molar-refractivity contribution is 7.87. The molecule has 30 heavy (non-hydrogen) atoms. The molecule has 2 heterocycles. The second kappa shape index (κ2) is 8.25. The number of amides is 1. The highest BCUT2D eigenvalue weighted by Crippen LogP contribution is 2.37. The molecule has 0 spiro atoms. The molecule has 2 atom stereocenters. The van der Waals surface area contributed by atoms with E-state index in [0.29, 0.717) is 0 Å². The standard InChI is InChI=1S/C17H25F3N2O7S/c1-6-27-14(23)13-11-9-22(15(24)28-16(2,3)4)8-10(21(11)5)7-12(13)29-30(25,26)17(18,19)20/h10-11H,6-9H2,1-5H3/t10-,11-/m1/s1. The number of alkyl halides is 3. The van der Waals surface area contributed by atoms with Crippen LogP contribution in [0.25, 0.3) is 0 Å². The van der Waals surface area contributed by atoms with E-state index in [1.807, 2.05) is 0 Å². The van der Waals surface area contributed by atoms with Gasteiger partial charge in [-0.15, -0.1) is 0 Å². The molecule has 2 rings (SSSR count). The quantitative estimate of drug-likeness (QED) is 0.358. The van der Waals surface area contributed by atoms with Crippen molar-refractivity contribution in [3.63, 3.8) is 0 Å². The van der Waals surface area contributed by atoms with Crippen LogP contribution in [-0.4, -0.2) is 80.2 Å². The van der Waals surface area contributed by atoms with Crippen LogP contribution < -0.4 is 0 Å². The van der Waals surface area contributed by atoms with Crippen LogP contribution in [-0.2, 0) is 28.6 Å². The van der Waals surface area contributed by atoms with Crippen molar-refractivity contribution in [1.82, 2.24) is 9.80 Å².